The fourth-order valence-corrected chi connectivity index (χ4v) is 0.677. The second-order valence-electron chi connectivity index (χ2n) is 2.52. The lowest BCUT2D eigenvalue weighted by Gasteiger charge is -1.86. The summed E-state index contributed by atoms with van der Waals surface area (Å²) < 4.78 is 0. The van der Waals surface area contributed by atoms with Crippen molar-refractivity contribution in [2.75, 3.05) is 13.1 Å². The predicted molar refractivity (Wildman–Crippen MR) is 63.7 cm³/mol. The summed E-state index contributed by atoms with van der Waals surface area (Å²) in [5.74, 6) is 0. The Bertz CT molecular complexity index is 43.1. The maximum absolute atomic E-state index is 3.72. The van der Waals surface area contributed by atoms with Gasteiger partial charge in [-0.1, -0.05) is 53.4 Å². The van der Waals surface area contributed by atoms with Crippen LogP contribution in [0.5, 0.6) is 0 Å². The van der Waals surface area contributed by atoms with Gasteiger partial charge in [0.05, 0.1) is 0 Å². The minimum absolute atomic E-state index is 0. The van der Waals surface area contributed by atoms with Crippen molar-refractivity contribution >= 4 is 17.4 Å². The molecule has 0 aliphatic heterocycles. The van der Waals surface area contributed by atoms with Crippen LogP contribution in [0.15, 0.2) is 0 Å². The maximum Gasteiger partial charge on any atom is 0.187 e. The lowest BCUT2D eigenvalue weighted by atomic mass is 10.2. The van der Waals surface area contributed by atoms with Crippen molar-refractivity contribution in [2.45, 2.75) is 46.5 Å². The molecule has 0 aromatic heterocycles. The molecule has 0 rings (SSSR count). The molecule has 0 spiro atoms. The molecule has 75 valence electrons. The third-order valence-electron chi connectivity index (χ3n) is 1.35. The quantitative estimate of drug-likeness (QED) is 0.513. The SMILES string of the molecule is CCNCC.[AlH3].[CH2]CCCCC. The Kier molecular flexibility index (Phi) is 34.4. The molecule has 0 aromatic rings. The smallest absolute Gasteiger partial charge is 0.187 e. The molecular weight excluding hydrogens is 161 g/mol. The molecule has 0 atom stereocenters. The van der Waals surface area contributed by atoms with Crippen LogP contribution in [0.4, 0.5) is 0 Å². The molecule has 1 N–H and O–H groups in total. The summed E-state index contributed by atoms with van der Waals surface area (Å²) >= 11 is 0. The summed E-state index contributed by atoms with van der Waals surface area (Å²) in [5, 5.41) is 3.11. The van der Waals surface area contributed by atoms with Gasteiger partial charge in [0.25, 0.3) is 0 Å². The van der Waals surface area contributed by atoms with Crippen LogP contribution in [-0.4, -0.2) is 30.5 Å². The first-order valence-electron chi connectivity index (χ1n) is 4.83. The third kappa shape index (κ3) is 31.3. The lowest BCUT2D eigenvalue weighted by Crippen LogP contribution is -2.09. The molecule has 0 aliphatic carbocycles. The molecule has 0 aromatic carbocycles. The molecule has 0 amide bonds. The van der Waals surface area contributed by atoms with E-state index in [4.69, 9.17) is 0 Å². The van der Waals surface area contributed by atoms with Crippen LogP contribution in [0.1, 0.15) is 46.5 Å². The highest BCUT2D eigenvalue weighted by Crippen LogP contribution is 1.95. The van der Waals surface area contributed by atoms with Gasteiger partial charge in [0.1, 0.15) is 0 Å². The van der Waals surface area contributed by atoms with Crippen LogP contribution in [0, 0.1) is 6.92 Å². The van der Waals surface area contributed by atoms with Crippen molar-refractivity contribution in [1.82, 2.24) is 5.32 Å². The molecule has 0 heterocycles. The van der Waals surface area contributed by atoms with E-state index in [1.165, 1.54) is 19.3 Å². The van der Waals surface area contributed by atoms with E-state index in [0.29, 0.717) is 0 Å². The van der Waals surface area contributed by atoms with Gasteiger partial charge in [-0.3, -0.25) is 0 Å². The molecule has 0 aliphatic rings. The number of unbranched alkanes of at least 4 members (excludes halogenated alkanes) is 3. The molecule has 0 bridgehead atoms. The Balaban J connectivity index is -0.000000126. The van der Waals surface area contributed by atoms with Gasteiger partial charge in [-0.15, -0.1) is 0 Å². The number of nitrogens with one attached hydrogen (secondary N) is 1. The summed E-state index contributed by atoms with van der Waals surface area (Å²) in [4.78, 5) is 0. The topological polar surface area (TPSA) is 12.0 Å². The molecule has 1 nitrogen and oxygen atoms in total. The lowest BCUT2D eigenvalue weighted by molar-refractivity contribution is 0.728. The predicted octanol–water partition coefficient (Wildman–Crippen LogP) is 1.83. The van der Waals surface area contributed by atoms with Crippen LogP contribution < -0.4 is 5.32 Å². The van der Waals surface area contributed by atoms with Crippen molar-refractivity contribution in [3.05, 3.63) is 6.92 Å². The standard InChI is InChI=1S/C6H13.C4H11N.Al.3H/c1-3-5-6-4-2;1-3-5-4-2;;;;/h1,3-6H2,2H3;5H,3-4H2,1-2H3;;;;. The maximum atomic E-state index is 3.72. The van der Waals surface area contributed by atoms with Crippen molar-refractivity contribution < 1.29 is 0 Å². The van der Waals surface area contributed by atoms with E-state index in [9.17, 15) is 0 Å². The second kappa shape index (κ2) is 22.5. The number of rotatable bonds is 5. The molecule has 1 radical (unpaired) electrons. The fourth-order valence-electron chi connectivity index (χ4n) is 0.677. The van der Waals surface area contributed by atoms with E-state index >= 15 is 0 Å². The summed E-state index contributed by atoms with van der Waals surface area (Å²) in [6.07, 6.45) is 5.07. The van der Waals surface area contributed by atoms with Gasteiger partial charge in [-0.25, -0.2) is 0 Å². The van der Waals surface area contributed by atoms with E-state index in [1.54, 1.807) is 0 Å². The second-order valence-corrected chi connectivity index (χ2v) is 2.52. The average Bonchev–Trinajstić information content (AvgIpc) is 2.04. The molecule has 0 saturated carbocycles. The zero-order chi connectivity index (χ0) is 8.95. The monoisotopic (exact) mass is 188 g/mol. The first-order valence-corrected chi connectivity index (χ1v) is 4.83. The van der Waals surface area contributed by atoms with Gasteiger partial charge in [-0.2, -0.15) is 0 Å². The normalized spacial score (nSPS) is 8.00. The minimum atomic E-state index is 0. The first-order chi connectivity index (χ1) is 5.33. The van der Waals surface area contributed by atoms with E-state index in [1.807, 2.05) is 0 Å². The first kappa shape index (κ1) is 18.3. The van der Waals surface area contributed by atoms with Gasteiger partial charge in [0.15, 0.2) is 17.4 Å². The summed E-state index contributed by atoms with van der Waals surface area (Å²) in [7, 11) is 0. The van der Waals surface area contributed by atoms with Gasteiger partial charge < -0.3 is 5.32 Å². The fraction of sp³-hybridized carbons (Fsp3) is 0.900. The molecule has 0 unspecified atom stereocenters. The van der Waals surface area contributed by atoms with Crippen LogP contribution in [-0.2, 0) is 0 Å². The highest BCUT2D eigenvalue weighted by Gasteiger charge is 1.75. The molecule has 2 heteroatoms. The largest absolute Gasteiger partial charge is 0.317 e. The van der Waals surface area contributed by atoms with Gasteiger partial charge in [0.2, 0.25) is 0 Å². The average molecular weight is 188 g/mol. The highest BCUT2D eigenvalue weighted by molar-refractivity contribution is 5.75. The van der Waals surface area contributed by atoms with E-state index in [2.05, 4.69) is 33.0 Å². The summed E-state index contributed by atoms with van der Waals surface area (Å²) in [6.45, 7) is 12.3. The summed E-state index contributed by atoms with van der Waals surface area (Å²) in [5.41, 5.74) is 0. The zero-order valence-corrected chi connectivity index (χ0v) is 8.45. The minimum Gasteiger partial charge on any atom is -0.317 e. The van der Waals surface area contributed by atoms with Gasteiger partial charge in [0, 0.05) is 0 Å². The van der Waals surface area contributed by atoms with Gasteiger partial charge in [-0.05, 0) is 13.1 Å². The van der Waals surface area contributed by atoms with Crippen LogP contribution in [0.2, 0.25) is 0 Å². The Morgan fingerprint density at radius 3 is 1.58 bits per heavy atom. The van der Waals surface area contributed by atoms with Crippen molar-refractivity contribution in [2.24, 2.45) is 0 Å². The van der Waals surface area contributed by atoms with Crippen molar-refractivity contribution in [3.63, 3.8) is 0 Å². The molecule has 0 saturated heterocycles. The van der Waals surface area contributed by atoms with Crippen LogP contribution in [0.25, 0.3) is 0 Å². The summed E-state index contributed by atoms with van der Waals surface area (Å²) in [6, 6.07) is 0. The number of hydrogen-bond acceptors (Lipinski definition) is 1. The van der Waals surface area contributed by atoms with Crippen LogP contribution in [0.3, 0.4) is 0 Å². The third-order valence-corrected chi connectivity index (χ3v) is 1.35. The van der Waals surface area contributed by atoms with Gasteiger partial charge >= 0.3 is 0 Å². The van der Waals surface area contributed by atoms with Crippen LogP contribution >= 0.6 is 0 Å². The van der Waals surface area contributed by atoms with E-state index in [-0.39, 0.29) is 17.4 Å². The zero-order valence-electron chi connectivity index (χ0n) is 8.45. The number of hydrogen-bond donors (Lipinski definition) is 1. The Hall–Kier alpha value is 0.492. The Morgan fingerprint density at radius 1 is 1.00 bits per heavy atom. The van der Waals surface area contributed by atoms with E-state index < -0.39 is 0 Å². The molecule has 0 fully saturated rings. The Labute approximate surface area is 89.5 Å². The Morgan fingerprint density at radius 2 is 1.50 bits per heavy atom. The molecular formula is C10H27AlN. The molecule has 12 heavy (non-hydrogen) atoms. The van der Waals surface area contributed by atoms with E-state index in [0.717, 1.165) is 19.5 Å². The van der Waals surface area contributed by atoms with Crippen molar-refractivity contribution in [3.8, 4) is 0 Å². The van der Waals surface area contributed by atoms with Crippen molar-refractivity contribution in [1.29, 1.82) is 0 Å². The highest BCUT2D eigenvalue weighted by atomic mass is 27.0.